The molecule has 0 bridgehead atoms. The average Bonchev–Trinajstić information content (AvgIpc) is 2.39. The van der Waals surface area contributed by atoms with E-state index in [4.69, 9.17) is 0 Å². The lowest BCUT2D eigenvalue weighted by molar-refractivity contribution is 0.0696. The Labute approximate surface area is 114 Å². The predicted octanol–water partition coefficient (Wildman–Crippen LogP) is 3.10. The minimum absolute atomic E-state index is 0.350. The second kappa shape index (κ2) is 5.19. The standard InChI is InChI=1S/C15H22N2O2/c1-4-15(3)6-9-17(10-7-15)13-12(14(18)19)11(2)5-8-16-13/h5,8H,4,6-7,9-10H2,1-3H3,(H,18,19). The number of hydrogen-bond donors (Lipinski definition) is 1. The van der Waals surface area contributed by atoms with Crippen LogP contribution in [0, 0.1) is 12.3 Å². The van der Waals surface area contributed by atoms with Crippen LogP contribution in [0.15, 0.2) is 12.3 Å². The molecule has 1 saturated heterocycles. The molecule has 1 aromatic rings. The highest BCUT2D eigenvalue weighted by atomic mass is 16.4. The number of piperidine rings is 1. The molecule has 0 amide bonds. The van der Waals surface area contributed by atoms with Gasteiger partial charge in [-0.05, 0) is 36.8 Å². The number of aryl methyl sites for hydroxylation is 1. The first kappa shape index (κ1) is 13.8. The van der Waals surface area contributed by atoms with Gasteiger partial charge in [-0.2, -0.15) is 0 Å². The predicted molar refractivity (Wildman–Crippen MR) is 75.8 cm³/mol. The highest BCUT2D eigenvalue weighted by Crippen LogP contribution is 2.36. The fourth-order valence-corrected chi connectivity index (χ4v) is 2.66. The van der Waals surface area contributed by atoms with Gasteiger partial charge in [0.1, 0.15) is 11.4 Å². The third-order valence-corrected chi connectivity index (χ3v) is 4.48. The van der Waals surface area contributed by atoms with Crippen LogP contribution >= 0.6 is 0 Å². The third kappa shape index (κ3) is 2.72. The second-order valence-electron chi connectivity index (χ2n) is 5.78. The van der Waals surface area contributed by atoms with Crippen molar-refractivity contribution in [2.75, 3.05) is 18.0 Å². The van der Waals surface area contributed by atoms with Crippen molar-refractivity contribution >= 4 is 11.8 Å². The van der Waals surface area contributed by atoms with Crippen LogP contribution in [0.2, 0.25) is 0 Å². The highest BCUT2D eigenvalue weighted by Gasteiger charge is 2.30. The van der Waals surface area contributed by atoms with Gasteiger partial charge in [0, 0.05) is 19.3 Å². The molecule has 1 aromatic heterocycles. The number of rotatable bonds is 3. The van der Waals surface area contributed by atoms with E-state index in [1.807, 2.05) is 6.92 Å². The molecule has 4 nitrogen and oxygen atoms in total. The van der Waals surface area contributed by atoms with Crippen molar-refractivity contribution in [2.45, 2.75) is 40.0 Å². The van der Waals surface area contributed by atoms with E-state index in [0.717, 1.165) is 31.5 Å². The summed E-state index contributed by atoms with van der Waals surface area (Å²) >= 11 is 0. The monoisotopic (exact) mass is 262 g/mol. The van der Waals surface area contributed by atoms with E-state index < -0.39 is 5.97 Å². The summed E-state index contributed by atoms with van der Waals surface area (Å²) in [4.78, 5) is 17.8. The minimum atomic E-state index is -0.885. The molecule has 0 atom stereocenters. The molecule has 0 spiro atoms. The van der Waals surface area contributed by atoms with Gasteiger partial charge in [-0.15, -0.1) is 0 Å². The summed E-state index contributed by atoms with van der Waals surface area (Å²) < 4.78 is 0. The van der Waals surface area contributed by atoms with Crippen LogP contribution in [0.4, 0.5) is 5.82 Å². The highest BCUT2D eigenvalue weighted by molar-refractivity contribution is 5.95. The molecule has 0 aliphatic carbocycles. The van der Waals surface area contributed by atoms with Gasteiger partial charge >= 0.3 is 5.97 Å². The first-order valence-corrected chi connectivity index (χ1v) is 6.91. The van der Waals surface area contributed by atoms with Gasteiger partial charge < -0.3 is 10.0 Å². The molecule has 2 heterocycles. The largest absolute Gasteiger partial charge is 0.478 e. The summed E-state index contributed by atoms with van der Waals surface area (Å²) in [5, 5.41) is 9.36. The Morgan fingerprint density at radius 2 is 2.11 bits per heavy atom. The number of pyridine rings is 1. The molecule has 104 valence electrons. The first-order valence-electron chi connectivity index (χ1n) is 6.91. The Bertz CT molecular complexity index is 477. The molecule has 19 heavy (non-hydrogen) atoms. The van der Waals surface area contributed by atoms with E-state index in [0.29, 0.717) is 16.8 Å². The molecule has 0 saturated carbocycles. The number of hydrogen-bond acceptors (Lipinski definition) is 3. The lowest BCUT2D eigenvalue weighted by Crippen LogP contribution is -2.39. The Balaban J connectivity index is 2.25. The summed E-state index contributed by atoms with van der Waals surface area (Å²) in [6, 6.07) is 1.76. The van der Waals surface area contributed by atoms with Crippen LogP contribution in [-0.4, -0.2) is 29.1 Å². The van der Waals surface area contributed by atoms with Crippen molar-refractivity contribution in [3.05, 3.63) is 23.4 Å². The Morgan fingerprint density at radius 1 is 1.47 bits per heavy atom. The lowest BCUT2D eigenvalue weighted by atomic mass is 9.78. The van der Waals surface area contributed by atoms with Crippen LogP contribution in [0.3, 0.4) is 0 Å². The molecule has 1 aliphatic rings. The SMILES string of the molecule is CCC1(C)CCN(c2nccc(C)c2C(=O)O)CC1. The van der Waals surface area contributed by atoms with Gasteiger partial charge in [-0.1, -0.05) is 20.3 Å². The Hall–Kier alpha value is -1.58. The van der Waals surface area contributed by atoms with Gasteiger partial charge in [0.05, 0.1) is 0 Å². The maximum absolute atomic E-state index is 11.4. The summed E-state index contributed by atoms with van der Waals surface area (Å²) in [5.74, 6) is -0.255. The number of anilines is 1. The zero-order valence-electron chi connectivity index (χ0n) is 11.9. The summed E-state index contributed by atoms with van der Waals surface area (Å²) in [5.41, 5.74) is 1.52. The van der Waals surface area contributed by atoms with Gasteiger partial charge in [0.25, 0.3) is 0 Å². The maximum Gasteiger partial charge on any atom is 0.339 e. The van der Waals surface area contributed by atoms with Crippen molar-refractivity contribution in [2.24, 2.45) is 5.41 Å². The van der Waals surface area contributed by atoms with Gasteiger partial charge in [0.2, 0.25) is 0 Å². The van der Waals surface area contributed by atoms with Crippen LogP contribution in [-0.2, 0) is 0 Å². The lowest BCUT2D eigenvalue weighted by Gasteiger charge is -2.39. The number of aromatic carboxylic acids is 1. The maximum atomic E-state index is 11.4. The fourth-order valence-electron chi connectivity index (χ4n) is 2.66. The molecule has 4 heteroatoms. The Kier molecular flexibility index (Phi) is 3.78. The summed E-state index contributed by atoms with van der Waals surface area (Å²) in [7, 11) is 0. The first-order chi connectivity index (χ1) is 8.97. The molecule has 0 radical (unpaired) electrons. The zero-order chi connectivity index (χ0) is 14.0. The molecule has 1 fully saturated rings. The van der Waals surface area contributed by atoms with Crippen molar-refractivity contribution in [1.29, 1.82) is 0 Å². The quantitative estimate of drug-likeness (QED) is 0.909. The molecule has 0 unspecified atom stereocenters. The van der Waals surface area contributed by atoms with Crippen molar-refractivity contribution in [3.8, 4) is 0 Å². The third-order valence-electron chi connectivity index (χ3n) is 4.48. The van der Waals surface area contributed by atoms with E-state index in [2.05, 4.69) is 23.7 Å². The average molecular weight is 262 g/mol. The summed E-state index contributed by atoms with van der Waals surface area (Å²) in [6.07, 6.45) is 5.06. The van der Waals surface area contributed by atoms with Crippen LogP contribution in [0.5, 0.6) is 0 Å². The smallest absolute Gasteiger partial charge is 0.339 e. The van der Waals surface area contributed by atoms with Crippen LogP contribution < -0.4 is 4.90 Å². The molecule has 0 aromatic carbocycles. The molecule has 2 rings (SSSR count). The molecule has 1 aliphatic heterocycles. The van der Waals surface area contributed by atoms with Crippen LogP contribution in [0.25, 0.3) is 0 Å². The zero-order valence-corrected chi connectivity index (χ0v) is 11.9. The van der Waals surface area contributed by atoms with E-state index in [1.54, 1.807) is 12.3 Å². The summed E-state index contributed by atoms with van der Waals surface area (Å²) in [6.45, 7) is 8.15. The molecular weight excluding hydrogens is 240 g/mol. The van der Waals surface area contributed by atoms with Crippen molar-refractivity contribution in [1.82, 2.24) is 4.98 Å². The second-order valence-corrected chi connectivity index (χ2v) is 5.78. The molecular formula is C15H22N2O2. The fraction of sp³-hybridized carbons (Fsp3) is 0.600. The number of aromatic nitrogens is 1. The normalized spacial score (nSPS) is 18.4. The van der Waals surface area contributed by atoms with E-state index in [-0.39, 0.29) is 0 Å². The minimum Gasteiger partial charge on any atom is -0.478 e. The Morgan fingerprint density at radius 3 is 2.63 bits per heavy atom. The van der Waals surface area contributed by atoms with E-state index in [1.165, 1.54) is 6.42 Å². The van der Waals surface area contributed by atoms with Crippen molar-refractivity contribution in [3.63, 3.8) is 0 Å². The van der Waals surface area contributed by atoms with Gasteiger partial charge in [-0.25, -0.2) is 9.78 Å². The number of nitrogens with zero attached hydrogens (tertiary/aromatic N) is 2. The molecule has 1 N–H and O–H groups in total. The van der Waals surface area contributed by atoms with E-state index in [9.17, 15) is 9.90 Å². The van der Waals surface area contributed by atoms with Crippen LogP contribution in [0.1, 0.15) is 49.0 Å². The number of carboxylic acids is 1. The number of carboxylic acid groups (broad SMARTS) is 1. The topological polar surface area (TPSA) is 53.4 Å². The van der Waals surface area contributed by atoms with E-state index >= 15 is 0 Å². The van der Waals surface area contributed by atoms with Gasteiger partial charge in [0.15, 0.2) is 0 Å². The van der Waals surface area contributed by atoms with Crippen molar-refractivity contribution < 1.29 is 9.90 Å². The number of carbonyl (C=O) groups is 1. The van der Waals surface area contributed by atoms with Gasteiger partial charge in [-0.3, -0.25) is 0 Å².